The molecule has 3 N–H and O–H groups in total. The predicted molar refractivity (Wildman–Crippen MR) is 66.7 cm³/mol. The van der Waals surface area contributed by atoms with Crippen LogP contribution in [0.3, 0.4) is 0 Å². The third kappa shape index (κ3) is 1.75. The average Bonchev–Trinajstić information content (AvgIpc) is 2.36. The molecule has 0 unspecified atom stereocenters. The van der Waals surface area contributed by atoms with Crippen LogP contribution in [0.4, 0.5) is 0 Å². The second-order valence-electron chi connectivity index (χ2n) is 6.08. The van der Waals surface area contributed by atoms with Gasteiger partial charge in [0.25, 0.3) is 0 Å². The van der Waals surface area contributed by atoms with Crippen LogP contribution >= 0.6 is 0 Å². The van der Waals surface area contributed by atoms with E-state index in [0.29, 0.717) is 0 Å². The molecule has 4 aliphatic heterocycles. The first-order chi connectivity index (χ1) is 8.81. The van der Waals surface area contributed by atoms with Crippen molar-refractivity contribution < 1.29 is 14.7 Å². The summed E-state index contributed by atoms with van der Waals surface area (Å²) in [5, 5.41) is 0. The lowest BCUT2D eigenvalue weighted by molar-refractivity contribution is -1.29. The van der Waals surface area contributed by atoms with Crippen LogP contribution in [0.2, 0.25) is 0 Å². The lowest BCUT2D eigenvalue weighted by Gasteiger charge is -2.50. The first kappa shape index (κ1) is 10.6. The molecular weight excluding hydrogens is 226 g/mol. The van der Waals surface area contributed by atoms with Crippen LogP contribution in [0.25, 0.3) is 0 Å². The molecule has 5 heteroatoms. The second-order valence-corrected chi connectivity index (χ2v) is 6.08. The largest absolute Gasteiger partial charge is 0.268 e. The maximum Gasteiger partial charge on any atom is 0.213 e. The van der Waals surface area contributed by atoms with E-state index in [1.807, 2.05) is 24.7 Å². The fraction of sp³-hybridized carbons (Fsp3) is 0.538. The third-order valence-corrected chi connectivity index (χ3v) is 4.41. The van der Waals surface area contributed by atoms with Gasteiger partial charge in [-0.2, -0.15) is 0 Å². The van der Waals surface area contributed by atoms with Crippen molar-refractivity contribution in [1.29, 1.82) is 0 Å². The zero-order valence-corrected chi connectivity index (χ0v) is 10.5. The number of nitrogens with zero attached hydrogens (tertiary/aromatic N) is 2. The van der Waals surface area contributed by atoms with Gasteiger partial charge in [-0.25, -0.2) is 14.7 Å². The molecule has 5 heterocycles. The second kappa shape index (κ2) is 3.85. The number of hydrogen-bond donors (Lipinski definition) is 3. The number of hydrogen-bond acceptors (Lipinski definition) is 2. The van der Waals surface area contributed by atoms with Crippen molar-refractivity contribution in [2.24, 2.45) is 4.99 Å². The minimum Gasteiger partial charge on any atom is -0.268 e. The molecule has 18 heavy (non-hydrogen) atoms. The molecular formula is C13H20N5+3. The van der Waals surface area contributed by atoms with E-state index in [0.717, 1.165) is 5.56 Å². The highest BCUT2D eigenvalue weighted by Crippen LogP contribution is 2.09. The fourth-order valence-corrected chi connectivity index (χ4v) is 4.01. The smallest absolute Gasteiger partial charge is 0.213 e. The molecule has 94 valence electrons. The van der Waals surface area contributed by atoms with E-state index in [1.165, 1.54) is 39.6 Å². The first-order valence-electron chi connectivity index (χ1n) is 6.77. The average molecular weight is 246 g/mol. The minimum absolute atomic E-state index is 0.185. The van der Waals surface area contributed by atoms with Gasteiger partial charge in [-0.1, -0.05) is 6.07 Å². The van der Waals surface area contributed by atoms with Crippen molar-refractivity contribution in [3.05, 3.63) is 30.1 Å². The summed E-state index contributed by atoms with van der Waals surface area (Å²) in [6, 6.07) is 4.05. The van der Waals surface area contributed by atoms with Crippen LogP contribution in [0.5, 0.6) is 0 Å². The van der Waals surface area contributed by atoms with Crippen molar-refractivity contribution in [3.63, 3.8) is 0 Å². The molecule has 0 aliphatic carbocycles. The monoisotopic (exact) mass is 246 g/mol. The van der Waals surface area contributed by atoms with Gasteiger partial charge in [-0.15, -0.1) is 0 Å². The van der Waals surface area contributed by atoms with E-state index < -0.39 is 0 Å². The molecule has 5 nitrogen and oxygen atoms in total. The van der Waals surface area contributed by atoms with E-state index in [9.17, 15) is 0 Å². The molecule has 4 aliphatic rings. The SMILES string of the molecule is C(=NC12C[NH+]3C[NH+](C[NH+](C3)C1)C2)c1cccnc1. The van der Waals surface area contributed by atoms with Gasteiger partial charge in [0.1, 0.15) is 19.6 Å². The summed E-state index contributed by atoms with van der Waals surface area (Å²) >= 11 is 0. The Kier molecular flexibility index (Phi) is 2.27. The Morgan fingerprint density at radius 1 is 1.11 bits per heavy atom. The molecule has 0 radical (unpaired) electrons. The minimum atomic E-state index is 0.185. The van der Waals surface area contributed by atoms with Gasteiger partial charge in [0.15, 0.2) is 0 Å². The summed E-state index contributed by atoms with van der Waals surface area (Å²) in [6.07, 6.45) is 5.73. The zero-order chi connectivity index (χ0) is 12.0. The quantitative estimate of drug-likeness (QED) is 0.455. The summed E-state index contributed by atoms with van der Waals surface area (Å²) in [7, 11) is 0. The number of aromatic nitrogens is 1. The van der Waals surface area contributed by atoms with E-state index in [2.05, 4.69) is 11.1 Å². The molecule has 0 aromatic carbocycles. The van der Waals surface area contributed by atoms with Gasteiger partial charge < -0.3 is 0 Å². The van der Waals surface area contributed by atoms with E-state index in [4.69, 9.17) is 4.99 Å². The topological polar surface area (TPSA) is 38.6 Å². The maximum absolute atomic E-state index is 4.96. The highest BCUT2D eigenvalue weighted by atomic mass is 15.6. The van der Waals surface area contributed by atoms with E-state index >= 15 is 0 Å². The standard InChI is InChI=1S/C13H17N5/c1-2-12(4-14-3-1)5-15-13-6-16-9-17(7-13)11-18(8-13)10-16/h1-5H,6-11H2/p+3. The van der Waals surface area contributed by atoms with Gasteiger partial charge in [0.2, 0.25) is 25.5 Å². The summed E-state index contributed by atoms with van der Waals surface area (Å²) in [5.41, 5.74) is 1.30. The van der Waals surface area contributed by atoms with Crippen LogP contribution in [-0.4, -0.2) is 56.4 Å². The van der Waals surface area contributed by atoms with Crippen molar-refractivity contribution in [1.82, 2.24) is 4.98 Å². The molecule has 0 atom stereocenters. The number of pyridine rings is 1. The van der Waals surface area contributed by atoms with Crippen molar-refractivity contribution in [2.45, 2.75) is 5.54 Å². The van der Waals surface area contributed by atoms with Gasteiger partial charge >= 0.3 is 0 Å². The summed E-state index contributed by atoms with van der Waals surface area (Å²) in [4.78, 5) is 14.3. The number of quaternary nitrogens is 3. The molecule has 1 aromatic rings. The Labute approximate surface area is 107 Å². The molecule has 0 spiro atoms. The molecule has 4 saturated heterocycles. The Morgan fingerprint density at radius 3 is 2.33 bits per heavy atom. The molecule has 4 bridgehead atoms. The van der Waals surface area contributed by atoms with Gasteiger partial charge in [0, 0.05) is 24.2 Å². The highest BCUT2D eigenvalue weighted by Gasteiger charge is 2.57. The zero-order valence-electron chi connectivity index (χ0n) is 10.5. The van der Waals surface area contributed by atoms with Crippen LogP contribution in [0.1, 0.15) is 5.56 Å². The number of aliphatic imine (C=N–C) groups is 1. The van der Waals surface area contributed by atoms with Crippen LogP contribution in [0.15, 0.2) is 29.5 Å². The Balaban J connectivity index is 1.59. The molecule has 4 fully saturated rings. The third-order valence-electron chi connectivity index (χ3n) is 4.41. The molecule has 1 aromatic heterocycles. The Bertz CT molecular complexity index is 434. The summed E-state index contributed by atoms with van der Waals surface area (Å²) in [5.74, 6) is 0. The lowest BCUT2D eigenvalue weighted by Crippen LogP contribution is -3.56. The molecule has 0 saturated carbocycles. The Morgan fingerprint density at radius 2 is 1.78 bits per heavy atom. The predicted octanol–water partition coefficient (Wildman–Crippen LogP) is -4.19. The van der Waals surface area contributed by atoms with Crippen LogP contribution in [-0.2, 0) is 0 Å². The van der Waals surface area contributed by atoms with Gasteiger partial charge in [-0.3, -0.25) is 9.98 Å². The summed E-state index contributed by atoms with van der Waals surface area (Å²) < 4.78 is 0. The molecule has 5 rings (SSSR count). The van der Waals surface area contributed by atoms with Crippen molar-refractivity contribution in [2.75, 3.05) is 39.6 Å². The van der Waals surface area contributed by atoms with E-state index in [-0.39, 0.29) is 5.54 Å². The lowest BCUT2D eigenvalue weighted by atomic mass is 9.92. The van der Waals surface area contributed by atoms with Crippen molar-refractivity contribution in [3.8, 4) is 0 Å². The van der Waals surface area contributed by atoms with Crippen LogP contribution in [0, 0.1) is 0 Å². The molecule has 0 amide bonds. The fourth-order valence-electron chi connectivity index (χ4n) is 4.01. The number of rotatable bonds is 2. The van der Waals surface area contributed by atoms with Gasteiger partial charge in [-0.05, 0) is 6.07 Å². The van der Waals surface area contributed by atoms with Crippen molar-refractivity contribution >= 4 is 6.21 Å². The van der Waals surface area contributed by atoms with Gasteiger partial charge in [0.05, 0.1) is 0 Å². The first-order valence-corrected chi connectivity index (χ1v) is 6.77. The summed E-state index contributed by atoms with van der Waals surface area (Å²) in [6.45, 7) is 7.55. The van der Waals surface area contributed by atoms with E-state index in [1.54, 1.807) is 14.7 Å². The number of nitrogens with one attached hydrogen (secondary N) is 3. The maximum atomic E-state index is 4.96. The highest BCUT2D eigenvalue weighted by molar-refractivity contribution is 5.79. The normalized spacial score (nSPS) is 41.7. The van der Waals surface area contributed by atoms with Crippen LogP contribution < -0.4 is 14.7 Å². The Hall–Kier alpha value is -1.30.